The van der Waals surface area contributed by atoms with Gasteiger partial charge in [-0.3, -0.25) is 4.98 Å². The molecule has 0 unspecified atom stereocenters. The Bertz CT molecular complexity index is 986. The van der Waals surface area contributed by atoms with Crippen molar-refractivity contribution >= 4 is 36.7 Å². The zero-order chi connectivity index (χ0) is 19.1. The van der Waals surface area contributed by atoms with Crippen molar-refractivity contribution in [2.24, 2.45) is 0 Å². The number of hydrogen-bond donors (Lipinski definition) is 2. The fraction of sp³-hybridized carbons (Fsp3) is 0.250. The van der Waals surface area contributed by atoms with Crippen molar-refractivity contribution < 1.29 is 8.42 Å². The number of halogens is 1. The molecule has 3 rings (SSSR count). The van der Waals surface area contributed by atoms with Gasteiger partial charge in [-0.15, -0.1) is 0 Å². The largest absolute Gasteiger partial charge is 0.315 e. The fourth-order valence-electron chi connectivity index (χ4n) is 2.87. The molecule has 7 heteroatoms. The molecular weight excluding hydrogens is 426 g/mol. The molecule has 2 aromatic carbocycles. The number of aryl methyl sites for hydroxylation is 1. The molecule has 3 aromatic rings. The SMILES string of the molecule is O=S(=O)(NCCNCCCc1ccc(Br)cc1)c1cccc2cnccc12. The van der Waals surface area contributed by atoms with Crippen LogP contribution in [0.25, 0.3) is 10.8 Å². The van der Waals surface area contributed by atoms with E-state index in [0.29, 0.717) is 18.5 Å². The molecule has 0 saturated heterocycles. The van der Waals surface area contributed by atoms with Crippen LogP contribution in [0.5, 0.6) is 0 Å². The summed E-state index contributed by atoms with van der Waals surface area (Å²) in [6, 6.07) is 15.2. The van der Waals surface area contributed by atoms with Gasteiger partial charge >= 0.3 is 0 Å². The third-order valence-electron chi connectivity index (χ3n) is 4.26. The van der Waals surface area contributed by atoms with Gasteiger partial charge in [-0.2, -0.15) is 0 Å². The lowest BCUT2D eigenvalue weighted by atomic mass is 10.1. The van der Waals surface area contributed by atoms with Crippen molar-refractivity contribution in [3.05, 3.63) is 71.0 Å². The summed E-state index contributed by atoms with van der Waals surface area (Å²) in [6.45, 7) is 1.78. The van der Waals surface area contributed by atoms with E-state index in [1.54, 1.807) is 30.6 Å². The summed E-state index contributed by atoms with van der Waals surface area (Å²) in [6.07, 6.45) is 5.27. The van der Waals surface area contributed by atoms with Crippen molar-refractivity contribution in [3.63, 3.8) is 0 Å². The van der Waals surface area contributed by atoms with Crippen LogP contribution in [0.1, 0.15) is 12.0 Å². The Kier molecular flexibility index (Phi) is 6.95. The Morgan fingerprint density at radius 3 is 2.59 bits per heavy atom. The zero-order valence-electron chi connectivity index (χ0n) is 14.9. The molecule has 0 aliphatic carbocycles. The maximum Gasteiger partial charge on any atom is 0.241 e. The minimum atomic E-state index is -3.55. The molecule has 0 radical (unpaired) electrons. The molecule has 2 N–H and O–H groups in total. The lowest BCUT2D eigenvalue weighted by Gasteiger charge is -2.10. The summed E-state index contributed by atoms with van der Waals surface area (Å²) in [4.78, 5) is 4.33. The fourth-order valence-corrected chi connectivity index (χ4v) is 4.40. The number of fused-ring (bicyclic) bond motifs is 1. The molecule has 27 heavy (non-hydrogen) atoms. The van der Waals surface area contributed by atoms with Gasteiger partial charge in [0.2, 0.25) is 10.0 Å². The quantitative estimate of drug-likeness (QED) is 0.492. The second-order valence-electron chi connectivity index (χ2n) is 6.23. The van der Waals surface area contributed by atoms with Crippen LogP contribution in [0.15, 0.2) is 70.3 Å². The van der Waals surface area contributed by atoms with Crippen LogP contribution in [0.3, 0.4) is 0 Å². The third kappa shape index (κ3) is 5.59. The summed E-state index contributed by atoms with van der Waals surface area (Å²) < 4.78 is 28.9. The summed E-state index contributed by atoms with van der Waals surface area (Å²) in [5, 5.41) is 4.78. The van der Waals surface area contributed by atoms with Crippen LogP contribution in [-0.2, 0) is 16.4 Å². The highest BCUT2D eigenvalue weighted by Gasteiger charge is 2.16. The maximum atomic E-state index is 12.6. The number of benzene rings is 2. The second-order valence-corrected chi connectivity index (χ2v) is 8.88. The second kappa shape index (κ2) is 9.41. The van der Waals surface area contributed by atoms with Crippen LogP contribution in [0.2, 0.25) is 0 Å². The van der Waals surface area contributed by atoms with E-state index in [9.17, 15) is 8.42 Å². The van der Waals surface area contributed by atoms with Crippen LogP contribution < -0.4 is 10.0 Å². The van der Waals surface area contributed by atoms with Crippen molar-refractivity contribution in [2.45, 2.75) is 17.7 Å². The number of nitrogens with zero attached hydrogens (tertiary/aromatic N) is 1. The molecule has 1 heterocycles. The Morgan fingerprint density at radius 2 is 1.78 bits per heavy atom. The van der Waals surface area contributed by atoms with Crippen molar-refractivity contribution in [1.29, 1.82) is 0 Å². The summed E-state index contributed by atoms with van der Waals surface area (Å²) in [7, 11) is -3.55. The first-order valence-electron chi connectivity index (χ1n) is 8.84. The van der Waals surface area contributed by atoms with Gasteiger partial charge in [0.1, 0.15) is 0 Å². The van der Waals surface area contributed by atoms with Gasteiger partial charge in [0.25, 0.3) is 0 Å². The van der Waals surface area contributed by atoms with Gasteiger partial charge in [-0.05, 0) is 49.2 Å². The Hall–Kier alpha value is -1.80. The van der Waals surface area contributed by atoms with Crippen LogP contribution in [-0.4, -0.2) is 33.0 Å². The van der Waals surface area contributed by atoms with Crippen LogP contribution in [0.4, 0.5) is 0 Å². The van der Waals surface area contributed by atoms with Gasteiger partial charge < -0.3 is 5.32 Å². The van der Waals surface area contributed by atoms with Crippen molar-refractivity contribution in [1.82, 2.24) is 15.0 Å². The summed E-state index contributed by atoms with van der Waals surface area (Å²) in [5.74, 6) is 0. The van der Waals surface area contributed by atoms with Crippen molar-refractivity contribution in [2.75, 3.05) is 19.6 Å². The third-order valence-corrected chi connectivity index (χ3v) is 6.30. The molecule has 0 aliphatic rings. The average molecular weight is 448 g/mol. The maximum absolute atomic E-state index is 12.6. The van der Waals surface area contributed by atoms with Crippen LogP contribution >= 0.6 is 15.9 Å². The first-order chi connectivity index (χ1) is 13.1. The number of aromatic nitrogens is 1. The van der Waals surface area contributed by atoms with Gasteiger partial charge in [-0.1, -0.05) is 40.2 Å². The number of nitrogens with one attached hydrogen (secondary N) is 2. The minimum Gasteiger partial charge on any atom is -0.315 e. The molecule has 0 amide bonds. The van der Waals surface area contributed by atoms with E-state index >= 15 is 0 Å². The predicted molar refractivity (Wildman–Crippen MR) is 112 cm³/mol. The highest BCUT2D eigenvalue weighted by molar-refractivity contribution is 9.10. The highest BCUT2D eigenvalue weighted by Crippen LogP contribution is 2.21. The van der Waals surface area contributed by atoms with E-state index in [0.717, 1.165) is 29.2 Å². The Labute approximate surface area is 168 Å². The summed E-state index contributed by atoms with van der Waals surface area (Å²) >= 11 is 3.43. The normalized spacial score (nSPS) is 11.7. The average Bonchev–Trinajstić information content (AvgIpc) is 2.68. The molecule has 0 saturated carbocycles. The zero-order valence-corrected chi connectivity index (χ0v) is 17.3. The molecular formula is C20H22BrN3O2S. The molecule has 0 bridgehead atoms. The predicted octanol–water partition coefficient (Wildman–Crippen LogP) is 3.50. The van der Waals surface area contributed by atoms with E-state index in [1.807, 2.05) is 18.2 Å². The number of rotatable bonds is 9. The number of pyridine rings is 1. The Morgan fingerprint density at radius 1 is 0.963 bits per heavy atom. The lowest BCUT2D eigenvalue weighted by molar-refractivity contribution is 0.575. The standard InChI is InChI=1S/C20H22BrN3O2S/c21-18-8-6-16(7-9-18)3-2-11-22-13-14-24-27(25,26)20-5-1-4-17-15-23-12-10-19(17)20/h1,4-10,12,15,22,24H,2-3,11,13-14H2. The molecule has 0 fully saturated rings. The van der Waals surface area contributed by atoms with E-state index in [2.05, 4.69) is 43.1 Å². The molecule has 0 aliphatic heterocycles. The summed E-state index contributed by atoms with van der Waals surface area (Å²) in [5.41, 5.74) is 1.30. The minimum absolute atomic E-state index is 0.289. The van der Waals surface area contributed by atoms with Gasteiger partial charge in [0.15, 0.2) is 0 Å². The van der Waals surface area contributed by atoms with E-state index in [-0.39, 0.29) is 4.90 Å². The Balaban J connectivity index is 1.43. The van der Waals surface area contributed by atoms with E-state index in [1.165, 1.54) is 5.56 Å². The van der Waals surface area contributed by atoms with Gasteiger partial charge in [0.05, 0.1) is 4.90 Å². The van der Waals surface area contributed by atoms with Crippen molar-refractivity contribution in [3.8, 4) is 0 Å². The van der Waals surface area contributed by atoms with E-state index < -0.39 is 10.0 Å². The first kappa shape index (κ1) is 19.9. The van der Waals surface area contributed by atoms with E-state index in [4.69, 9.17) is 0 Å². The number of hydrogen-bond acceptors (Lipinski definition) is 4. The monoisotopic (exact) mass is 447 g/mol. The smallest absolute Gasteiger partial charge is 0.241 e. The molecule has 0 spiro atoms. The first-order valence-corrected chi connectivity index (χ1v) is 11.1. The molecule has 1 aromatic heterocycles. The van der Waals surface area contributed by atoms with Gasteiger partial charge in [0, 0.05) is 40.7 Å². The molecule has 5 nitrogen and oxygen atoms in total. The topological polar surface area (TPSA) is 71.1 Å². The number of sulfonamides is 1. The van der Waals surface area contributed by atoms with Gasteiger partial charge in [-0.25, -0.2) is 13.1 Å². The van der Waals surface area contributed by atoms with Crippen LogP contribution in [0, 0.1) is 0 Å². The molecule has 0 atom stereocenters. The highest BCUT2D eigenvalue weighted by atomic mass is 79.9. The lowest BCUT2D eigenvalue weighted by Crippen LogP contribution is -2.32. The molecule has 142 valence electrons.